The number of hydrogen-bond donors (Lipinski definition) is 1. The van der Waals surface area contributed by atoms with Crippen LogP contribution in [-0.2, 0) is 10.8 Å². The number of rotatable bonds is 2. The highest BCUT2D eigenvalue weighted by atomic mass is 16.3. The maximum atomic E-state index is 6.37. The van der Waals surface area contributed by atoms with E-state index in [0.717, 1.165) is 33.3 Å². The molecule has 3 heteroatoms. The minimum Gasteiger partial charge on any atom is -0.454 e. The molecule has 1 heterocycles. The van der Waals surface area contributed by atoms with Gasteiger partial charge in [-0.05, 0) is 53.0 Å². The van der Waals surface area contributed by atoms with Crippen molar-refractivity contribution in [3.05, 3.63) is 65.7 Å². The van der Waals surface area contributed by atoms with Crippen LogP contribution in [0.4, 0.5) is 11.4 Å². The van der Waals surface area contributed by atoms with Gasteiger partial charge >= 0.3 is 0 Å². The van der Waals surface area contributed by atoms with Gasteiger partial charge in [0.1, 0.15) is 13.4 Å². The Morgan fingerprint density at radius 2 is 1.55 bits per heavy atom. The molecular formula is C26H26BNO. The summed E-state index contributed by atoms with van der Waals surface area (Å²) in [6.45, 7) is 9.39. The average molecular weight is 379 g/mol. The Morgan fingerprint density at radius 1 is 0.828 bits per heavy atom. The lowest BCUT2D eigenvalue weighted by molar-refractivity contribution is 0.332. The second-order valence-electron chi connectivity index (χ2n) is 9.66. The van der Waals surface area contributed by atoms with Crippen LogP contribution in [0.3, 0.4) is 0 Å². The minimum atomic E-state index is 0.166. The minimum absolute atomic E-state index is 0.166. The zero-order valence-corrected chi connectivity index (χ0v) is 17.6. The first-order chi connectivity index (χ1) is 13.8. The maximum absolute atomic E-state index is 6.37. The SMILES string of the molecule is [B]c1ccc2c(oc3ccccc32)c1Nc1ccc2c(c1)C(C)(C)CCC2(C)C. The van der Waals surface area contributed by atoms with Gasteiger partial charge in [0.2, 0.25) is 0 Å². The van der Waals surface area contributed by atoms with Crippen LogP contribution in [0.15, 0.2) is 59.0 Å². The summed E-state index contributed by atoms with van der Waals surface area (Å²) in [4.78, 5) is 0. The predicted molar refractivity (Wildman–Crippen MR) is 124 cm³/mol. The summed E-state index contributed by atoms with van der Waals surface area (Å²) in [5.41, 5.74) is 7.52. The Kier molecular flexibility index (Phi) is 3.90. The van der Waals surface area contributed by atoms with Crippen molar-refractivity contribution in [3.8, 4) is 0 Å². The first kappa shape index (κ1) is 18.4. The molecule has 0 spiro atoms. The van der Waals surface area contributed by atoms with Crippen LogP contribution in [0, 0.1) is 0 Å². The Bertz CT molecular complexity index is 1250. The van der Waals surface area contributed by atoms with E-state index in [1.165, 1.54) is 24.0 Å². The largest absolute Gasteiger partial charge is 0.454 e. The molecule has 5 rings (SSSR count). The van der Waals surface area contributed by atoms with Crippen LogP contribution in [0.5, 0.6) is 0 Å². The Balaban J connectivity index is 1.64. The number of furan rings is 1. The molecule has 0 saturated heterocycles. The number of fused-ring (bicyclic) bond motifs is 4. The maximum Gasteiger partial charge on any atom is 0.158 e. The molecule has 0 unspecified atom stereocenters. The fourth-order valence-corrected chi connectivity index (χ4v) is 4.74. The molecule has 0 fully saturated rings. The van der Waals surface area contributed by atoms with Gasteiger partial charge in [-0.2, -0.15) is 0 Å². The van der Waals surface area contributed by atoms with Gasteiger partial charge in [0.15, 0.2) is 5.58 Å². The molecule has 1 aliphatic carbocycles. The highest BCUT2D eigenvalue weighted by Crippen LogP contribution is 2.46. The van der Waals surface area contributed by atoms with Crippen LogP contribution in [0.2, 0.25) is 0 Å². The molecule has 0 saturated carbocycles. The summed E-state index contributed by atoms with van der Waals surface area (Å²) in [5.74, 6) is 0. The Hall–Kier alpha value is -2.68. The monoisotopic (exact) mass is 379 g/mol. The van der Waals surface area contributed by atoms with Gasteiger partial charge in [-0.25, -0.2) is 0 Å². The number of benzene rings is 3. The summed E-state index contributed by atoms with van der Waals surface area (Å²) < 4.78 is 6.18. The number of anilines is 2. The molecule has 144 valence electrons. The lowest BCUT2D eigenvalue weighted by Crippen LogP contribution is -2.33. The second-order valence-corrected chi connectivity index (χ2v) is 9.66. The summed E-state index contributed by atoms with van der Waals surface area (Å²) in [7, 11) is 6.37. The van der Waals surface area contributed by atoms with Crippen molar-refractivity contribution < 1.29 is 4.42 Å². The molecule has 0 atom stereocenters. The third-order valence-corrected chi connectivity index (χ3v) is 6.70. The summed E-state index contributed by atoms with van der Waals surface area (Å²) in [6.07, 6.45) is 2.41. The highest BCUT2D eigenvalue weighted by Gasteiger charge is 2.37. The van der Waals surface area contributed by atoms with Crippen molar-refractivity contribution in [2.45, 2.75) is 51.4 Å². The normalized spacial score (nSPS) is 17.4. The van der Waals surface area contributed by atoms with Crippen molar-refractivity contribution in [1.82, 2.24) is 0 Å². The van der Waals surface area contributed by atoms with E-state index < -0.39 is 0 Å². The molecule has 2 radical (unpaired) electrons. The second kappa shape index (κ2) is 6.16. The van der Waals surface area contributed by atoms with E-state index in [0.29, 0.717) is 5.46 Å². The van der Waals surface area contributed by atoms with Gasteiger partial charge < -0.3 is 9.73 Å². The van der Waals surface area contributed by atoms with Crippen molar-refractivity contribution in [2.75, 3.05) is 5.32 Å². The van der Waals surface area contributed by atoms with Crippen LogP contribution < -0.4 is 10.8 Å². The van der Waals surface area contributed by atoms with Crippen molar-refractivity contribution in [3.63, 3.8) is 0 Å². The molecule has 3 aromatic carbocycles. The lowest BCUT2D eigenvalue weighted by Gasteiger charge is -2.42. The van der Waals surface area contributed by atoms with Crippen molar-refractivity contribution in [1.29, 1.82) is 0 Å². The Labute approximate surface area is 173 Å². The lowest BCUT2D eigenvalue weighted by atomic mass is 9.63. The van der Waals surface area contributed by atoms with Gasteiger partial charge in [-0.3, -0.25) is 0 Å². The van der Waals surface area contributed by atoms with Crippen LogP contribution in [0.1, 0.15) is 51.7 Å². The van der Waals surface area contributed by atoms with Crippen LogP contribution in [-0.4, -0.2) is 7.85 Å². The molecule has 2 nitrogen and oxygen atoms in total. The van der Waals surface area contributed by atoms with E-state index in [1.54, 1.807) is 0 Å². The predicted octanol–water partition coefficient (Wildman–Crippen LogP) is 6.47. The van der Waals surface area contributed by atoms with E-state index in [2.05, 4.69) is 57.3 Å². The third-order valence-electron chi connectivity index (χ3n) is 6.70. The molecule has 0 bridgehead atoms. The molecule has 29 heavy (non-hydrogen) atoms. The third kappa shape index (κ3) is 2.87. The fourth-order valence-electron chi connectivity index (χ4n) is 4.74. The first-order valence-corrected chi connectivity index (χ1v) is 10.4. The first-order valence-electron chi connectivity index (χ1n) is 10.4. The molecule has 1 aliphatic rings. The molecule has 4 aromatic rings. The van der Waals surface area contributed by atoms with E-state index in [-0.39, 0.29) is 10.8 Å². The molecule has 0 amide bonds. The van der Waals surface area contributed by atoms with Crippen LogP contribution >= 0.6 is 0 Å². The zero-order chi connectivity index (χ0) is 20.4. The van der Waals surface area contributed by atoms with E-state index in [4.69, 9.17) is 12.3 Å². The van der Waals surface area contributed by atoms with E-state index >= 15 is 0 Å². The standard InChI is InChI=1S/C26H26BNO/c1-25(2)13-14-26(3,4)20-15-16(9-11-19(20)25)28-23-21(27)12-10-18-17-7-5-6-8-22(17)29-24(18)23/h5-12,15,28H,13-14H2,1-4H3. The molecule has 0 aliphatic heterocycles. The molecule has 1 aromatic heterocycles. The quantitative estimate of drug-likeness (QED) is 0.404. The number of nitrogens with one attached hydrogen (secondary N) is 1. The zero-order valence-electron chi connectivity index (χ0n) is 17.6. The summed E-state index contributed by atoms with van der Waals surface area (Å²) in [6, 6.07) is 18.9. The number of hydrogen-bond acceptors (Lipinski definition) is 2. The smallest absolute Gasteiger partial charge is 0.158 e. The van der Waals surface area contributed by atoms with Gasteiger partial charge in [-0.1, -0.05) is 69.6 Å². The summed E-state index contributed by atoms with van der Waals surface area (Å²) >= 11 is 0. The van der Waals surface area contributed by atoms with E-state index in [1.807, 2.05) is 30.3 Å². The summed E-state index contributed by atoms with van der Waals surface area (Å²) in [5, 5.41) is 5.76. The fraction of sp³-hybridized carbons (Fsp3) is 0.308. The van der Waals surface area contributed by atoms with Crippen molar-refractivity contribution >= 4 is 46.6 Å². The Morgan fingerprint density at radius 3 is 2.34 bits per heavy atom. The van der Waals surface area contributed by atoms with Gasteiger partial charge in [-0.15, -0.1) is 0 Å². The van der Waals surface area contributed by atoms with Gasteiger partial charge in [0, 0.05) is 16.5 Å². The van der Waals surface area contributed by atoms with Crippen molar-refractivity contribution in [2.24, 2.45) is 0 Å². The van der Waals surface area contributed by atoms with E-state index in [9.17, 15) is 0 Å². The van der Waals surface area contributed by atoms with Gasteiger partial charge in [0.05, 0.1) is 5.69 Å². The van der Waals surface area contributed by atoms with Crippen LogP contribution in [0.25, 0.3) is 21.9 Å². The topological polar surface area (TPSA) is 25.2 Å². The average Bonchev–Trinajstić information content (AvgIpc) is 3.07. The molecular weight excluding hydrogens is 353 g/mol. The van der Waals surface area contributed by atoms with Gasteiger partial charge in [0.25, 0.3) is 0 Å². The molecule has 1 N–H and O–H groups in total. The number of para-hydroxylation sites is 1. The highest BCUT2D eigenvalue weighted by molar-refractivity contribution is 6.38.